The fraction of sp³-hybridized carbons (Fsp3) is 0.531. The maximum absolute atomic E-state index is 13.7. The van der Waals surface area contributed by atoms with Crippen molar-refractivity contribution in [3.63, 3.8) is 0 Å². The average Bonchev–Trinajstić information content (AvgIpc) is 2.92. The molecule has 2 aromatic rings. The highest BCUT2D eigenvalue weighted by Crippen LogP contribution is 2.16. The van der Waals surface area contributed by atoms with Gasteiger partial charge in [-0.05, 0) is 48.4 Å². The second kappa shape index (κ2) is 20.0. The van der Waals surface area contributed by atoms with Gasteiger partial charge in [0.05, 0.1) is 11.8 Å². The van der Waals surface area contributed by atoms with Crippen LogP contribution >= 0.6 is 0 Å². The maximum atomic E-state index is 13.7. The molecule has 208 valence electrons. The monoisotopic (exact) mass is 524 g/mol. The molecule has 5 nitrogen and oxygen atoms in total. The molecule has 0 saturated heterocycles. The van der Waals surface area contributed by atoms with Crippen LogP contribution in [-0.4, -0.2) is 18.1 Å². The number of nitrogens with one attached hydrogen (secondary N) is 1. The largest absolute Gasteiger partial charge is 0.423 e. The molecule has 2 rings (SSSR count). The molecule has 1 amide bonds. The van der Waals surface area contributed by atoms with Crippen LogP contribution in [0.15, 0.2) is 53.6 Å². The number of esters is 1. The van der Waals surface area contributed by atoms with Crippen molar-refractivity contribution in [1.82, 2.24) is 5.43 Å². The minimum absolute atomic E-state index is 0.0913. The zero-order chi connectivity index (χ0) is 27.3. The van der Waals surface area contributed by atoms with Crippen molar-refractivity contribution >= 4 is 18.1 Å². The second-order valence-corrected chi connectivity index (χ2v) is 9.93. The summed E-state index contributed by atoms with van der Waals surface area (Å²) in [5, 5.41) is 4.00. The highest BCUT2D eigenvalue weighted by Gasteiger charge is 2.13. The summed E-state index contributed by atoms with van der Waals surface area (Å²) in [6, 6.07) is 12.3. The number of amides is 1. The van der Waals surface area contributed by atoms with Crippen LogP contribution in [0.1, 0.15) is 126 Å². The van der Waals surface area contributed by atoms with Crippen LogP contribution in [0.25, 0.3) is 0 Å². The summed E-state index contributed by atoms with van der Waals surface area (Å²) in [5.74, 6) is -1.17. The standard InChI is InChI=1S/C32H45FN2O3/c1-2-3-4-5-6-7-8-9-10-11-12-13-14-15-16-21-31(36)35-34-26-27-22-24-28(25-23-27)38-32(37)29-19-17-18-20-30(29)33/h17-20,22-26H,2-16,21H2,1H3,(H,35,36)/b34-26-. The normalized spacial score (nSPS) is 11.1. The third-order valence-electron chi connectivity index (χ3n) is 6.59. The molecule has 1 N–H and O–H groups in total. The van der Waals surface area contributed by atoms with E-state index in [1.54, 1.807) is 30.3 Å². The van der Waals surface area contributed by atoms with E-state index in [1.807, 2.05) is 0 Å². The van der Waals surface area contributed by atoms with Gasteiger partial charge >= 0.3 is 5.97 Å². The maximum Gasteiger partial charge on any atom is 0.346 e. The number of unbranched alkanes of at least 4 members (excludes halogenated alkanes) is 14. The molecular weight excluding hydrogens is 479 g/mol. The lowest BCUT2D eigenvalue weighted by Crippen LogP contribution is -2.16. The smallest absolute Gasteiger partial charge is 0.346 e. The Bertz CT molecular complexity index is 959. The molecule has 0 aliphatic carbocycles. The van der Waals surface area contributed by atoms with E-state index in [2.05, 4.69) is 17.5 Å². The van der Waals surface area contributed by atoms with Gasteiger partial charge in [-0.15, -0.1) is 0 Å². The highest BCUT2D eigenvalue weighted by atomic mass is 19.1. The Hall–Kier alpha value is -3.02. The SMILES string of the molecule is CCCCCCCCCCCCCCCCCC(=O)N/N=C\c1ccc(OC(=O)c2ccccc2F)cc1. The van der Waals surface area contributed by atoms with E-state index in [0.717, 1.165) is 18.4 Å². The van der Waals surface area contributed by atoms with Gasteiger partial charge in [0.15, 0.2) is 0 Å². The van der Waals surface area contributed by atoms with Crippen LogP contribution in [0.2, 0.25) is 0 Å². The molecule has 0 fully saturated rings. The van der Waals surface area contributed by atoms with Crippen LogP contribution in [0.4, 0.5) is 4.39 Å². The fourth-order valence-corrected chi connectivity index (χ4v) is 4.30. The van der Waals surface area contributed by atoms with E-state index < -0.39 is 11.8 Å². The van der Waals surface area contributed by atoms with Crippen molar-refractivity contribution in [2.75, 3.05) is 0 Å². The molecule has 0 radical (unpaired) electrons. The molecule has 0 aromatic heterocycles. The van der Waals surface area contributed by atoms with Gasteiger partial charge in [-0.1, -0.05) is 109 Å². The summed E-state index contributed by atoms with van der Waals surface area (Å²) in [6.45, 7) is 2.26. The number of rotatable bonds is 20. The van der Waals surface area contributed by atoms with Crippen molar-refractivity contribution in [3.8, 4) is 5.75 Å². The summed E-state index contributed by atoms with van der Waals surface area (Å²) in [6.07, 6.45) is 21.5. The van der Waals surface area contributed by atoms with E-state index in [9.17, 15) is 14.0 Å². The summed E-state index contributed by atoms with van der Waals surface area (Å²) in [4.78, 5) is 24.1. The lowest BCUT2D eigenvalue weighted by molar-refractivity contribution is -0.121. The molecule has 0 spiro atoms. The number of carbonyl (C=O) groups is 2. The van der Waals surface area contributed by atoms with Crippen LogP contribution in [0.3, 0.4) is 0 Å². The molecule has 0 aliphatic rings. The molecule has 0 saturated carbocycles. The van der Waals surface area contributed by atoms with E-state index in [0.29, 0.717) is 12.2 Å². The number of nitrogens with zero attached hydrogens (tertiary/aromatic N) is 1. The lowest BCUT2D eigenvalue weighted by atomic mass is 10.0. The number of ether oxygens (including phenoxy) is 1. The topological polar surface area (TPSA) is 67.8 Å². The Kier molecular flexibility index (Phi) is 16.4. The van der Waals surface area contributed by atoms with E-state index in [1.165, 1.54) is 108 Å². The Morgan fingerprint density at radius 3 is 1.84 bits per heavy atom. The van der Waals surface area contributed by atoms with Crippen molar-refractivity contribution in [2.24, 2.45) is 5.10 Å². The molecule has 6 heteroatoms. The number of hydrogen-bond donors (Lipinski definition) is 1. The van der Waals surface area contributed by atoms with E-state index in [4.69, 9.17) is 4.74 Å². The number of benzene rings is 2. The van der Waals surface area contributed by atoms with Gasteiger partial charge in [-0.3, -0.25) is 4.79 Å². The van der Waals surface area contributed by atoms with Crippen LogP contribution in [0, 0.1) is 5.82 Å². The van der Waals surface area contributed by atoms with Gasteiger partial charge in [0.1, 0.15) is 11.6 Å². The summed E-state index contributed by atoms with van der Waals surface area (Å²) in [5.41, 5.74) is 3.18. The van der Waals surface area contributed by atoms with Crippen molar-refractivity contribution < 1.29 is 18.7 Å². The van der Waals surface area contributed by atoms with Gasteiger partial charge in [-0.25, -0.2) is 14.6 Å². The predicted octanol–water partition coefficient (Wildman–Crippen LogP) is 8.76. The Labute approximate surface area is 228 Å². The fourth-order valence-electron chi connectivity index (χ4n) is 4.30. The zero-order valence-corrected chi connectivity index (χ0v) is 23.1. The minimum atomic E-state index is -0.754. The lowest BCUT2D eigenvalue weighted by Gasteiger charge is -2.05. The molecule has 0 aliphatic heterocycles. The zero-order valence-electron chi connectivity index (χ0n) is 23.1. The Morgan fingerprint density at radius 1 is 0.763 bits per heavy atom. The molecular formula is C32H45FN2O3. The summed E-state index contributed by atoms with van der Waals surface area (Å²) in [7, 11) is 0. The number of hydrogen-bond acceptors (Lipinski definition) is 4. The Morgan fingerprint density at radius 2 is 1.29 bits per heavy atom. The quantitative estimate of drug-likeness (QED) is 0.0619. The minimum Gasteiger partial charge on any atom is -0.423 e. The van der Waals surface area contributed by atoms with E-state index >= 15 is 0 Å². The second-order valence-electron chi connectivity index (χ2n) is 9.93. The molecule has 0 atom stereocenters. The first-order valence-corrected chi connectivity index (χ1v) is 14.5. The Balaban J connectivity index is 1.46. The van der Waals surface area contributed by atoms with Crippen molar-refractivity contribution in [2.45, 2.75) is 110 Å². The van der Waals surface area contributed by atoms with Crippen molar-refractivity contribution in [3.05, 3.63) is 65.5 Å². The number of hydrazone groups is 1. The summed E-state index contributed by atoms with van der Waals surface area (Å²) < 4.78 is 18.9. The molecule has 38 heavy (non-hydrogen) atoms. The summed E-state index contributed by atoms with van der Waals surface area (Å²) >= 11 is 0. The first-order chi connectivity index (χ1) is 18.6. The van der Waals surface area contributed by atoms with E-state index in [-0.39, 0.29) is 11.5 Å². The number of carbonyl (C=O) groups excluding carboxylic acids is 2. The van der Waals surface area contributed by atoms with Gasteiger partial charge in [0.2, 0.25) is 5.91 Å². The van der Waals surface area contributed by atoms with Crippen LogP contribution < -0.4 is 10.2 Å². The molecule has 2 aromatic carbocycles. The third-order valence-corrected chi connectivity index (χ3v) is 6.59. The first kappa shape index (κ1) is 31.2. The van der Waals surface area contributed by atoms with Crippen LogP contribution in [-0.2, 0) is 4.79 Å². The van der Waals surface area contributed by atoms with Gasteiger partial charge < -0.3 is 4.74 Å². The predicted molar refractivity (Wildman–Crippen MR) is 153 cm³/mol. The van der Waals surface area contributed by atoms with Crippen molar-refractivity contribution in [1.29, 1.82) is 0 Å². The molecule has 0 heterocycles. The number of halogens is 1. The first-order valence-electron chi connectivity index (χ1n) is 14.5. The third kappa shape index (κ3) is 14.1. The highest BCUT2D eigenvalue weighted by molar-refractivity contribution is 5.91. The van der Waals surface area contributed by atoms with Gasteiger partial charge in [-0.2, -0.15) is 5.10 Å². The molecule has 0 bridgehead atoms. The van der Waals surface area contributed by atoms with Gasteiger partial charge in [0, 0.05) is 6.42 Å². The van der Waals surface area contributed by atoms with Crippen LogP contribution in [0.5, 0.6) is 5.75 Å². The molecule has 0 unspecified atom stereocenters. The average molecular weight is 525 g/mol. The van der Waals surface area contributed by atoms with Gasteiger partial charge in [0.25, 0.3) is 0 Å².